The second kappa shape index (κ2) is 5.81. The molecule has 0 atom stereocenters. The fourth-order valence-corrected chi connectivity index (χ4v) is 3.45. The van der Waals surface area contributed by atoms with Gasteiger partial charge in [0, 0.05) is 24.3 Å². The minimum atomic E-state index is -0.655. The molecule has 0 unspecified atom stereocenters. The number of anilines is 1. The molecule has 0 bridgehead atoms. The van der Waals surface area contributed by atoms with Crippen molar-refractivity contribution in [2.75, 3.05) is 11.4 Å². The van der Waals surface area contributed by atoms with Crippen LogP contribution in [0, 0.1) is 6.92 Å². The standard InChI is InChI=1S/C16H16BrN3O3/c1-9-5-6-12(17)10-4-3-7-20(13(9)10)15(22)11-8-19(2)16(23)18-14(11)21/h5-6,8H,3-4,7H2,1-2H3,(H,18,21,23). The number of aromatic amines is 1. The number of hydrogen-bond acceptors (Lipinski definition) is 3. The van der Waals surface area contributed by atoms with Crippen LogP contribution in [0.4, 0.5) is 5.69 Å². The molecule has 1 N–H and O–H groups in total. The monoisotopic (exact) mass is 377 g/mol. The maximum absolute atomic E-state index is 12.9. The van der Waals surface area contributed by atoms with Crippen molar-refractivity contribution in [2.24, 2.45) is 7.05 Å². The first kappa shape index (κ1) is 15.7. The van der Waals surface area contributed by atoms with Gasteiger partial charge in [-0.2, -0.15) is 0 Å². The molecule has 2 aromatic rings. The first-order valence-electron chi connectivity index (χ1n) is 7.30. The molecule has 3 rings (SSSR count). The lowest BCUT2D eigenvalue weighted by Crippen LogP contribution is -2.41. The van der Waals surface area contributed by atoms with Crippen molar-refractivity contribution in [3.05, 3.63) is 60.3 Å². The Morgan fingerprint density at radius 2 is 2.04 bits per heavy atom. The van der Waals surface area contributed by atoms with Gasteiger partial charge in [-0.3, -0.25) is 14.6 Å². The van der Waals surface area contributed by atoms with E-state index in [0.717, 1.165) is 34.1 Å². The van der Waals surface area contributed by atoms with E-state index in [9.17, 15) is 14.4 Å². The van der Waals surface area contributed by atoms with Crippen LogP contribution in [0.15, 0.2) is 32.4 Å². The largest absolute Gasteiger partial charge is 0.328 e. The number of nitrogens with one attached hydrogen (secondary N) is 1. The highest BCUT2D eigenvalue weighted by Crippen LogP contribution is 2.36. The molecule has 0 radical (unpaired) electrons. The molecular weight excluding hydrogens is 362 g/mol. The molecule has 1 aromatic heterocycles. The normalized spacial score (nSPS) is 13.8. The molecule has 1 aliphatic heterocycles. The second-order valence-corrected chi connectivity index (χ2v) is 6.52. The lowest BCUT2D eigenvalue weighted by Gasteiger charge is -2.31. The predicted molar refractivity (Wildman–Crippen MR) is 91.2 cm³/mol. The lowest BCUT2D eigenvalue weighted by molar-refractivity contribution is 0.0982. The molecule has 1 amide bonds. The van der Waals surface area contributed by atoms with Crippen molar-refractivity contribution < 1.29 is 4.79 Å². The Hall–Kier alpha value is -2.15. The van der Waals surface area contributed by atoms with Crippen molar-refractivity contribution in [1.82, 2.24) is 9.55 Å². The summed E-state index contributed by atoms with van der Waals surface area (Å²) in [5.74, 6) is -0.385. The number of aryl methyl sites for hydroxylation is 2. The Balaban J connectivity index is 2.14. The van der Waals surface area contributed by atoms with Crippen LogP contribution in [0.3, 0.4) is 0 Å². The summed E-state index contributed by atoms with van der Waals surface area (Å²) in [7, 11) is 1.50. The predicted octanol–water partition coefficient (Wildman–Crippen LogP) is 1.74. The molecule has 0 fully saturated rings. The van der Waals surface area contributed by atoms with Crippen molar-refractivity contribution in [1.29, 1.82) is 0 Å². The Morgan fingerprint density at radius 3 is 2.78 bits per heavy atom. The number of fused-ring (bicyclic) bond motifs is 1. The summed E-state index contributed by atoms with van der Waals surface area (Å²) in [6.45, 7) is 2.49. The van der Waals surface area contributed by atoms with Gasteiger partial charge in [-0.15, -0.1) is 0 Å². The van der Waals surface area contributed by atoms with Crippen molar-refractivity contribution in [2.45, 2.75) is 19.8 Å². The molecule has 0 saturated heterocycles. The van der Waals surface area contributed by atoms with Crippen molar-refractivity contribution >= 4 is 27.5 Å². The minimum Gasteiger partial charge on any atom is -0.308 e. The molecule has 2 heterocycles. The van der Waals surface area contributed by atoms with E-state index in [0.29, 0.717) is 6.54 Å². The van der Waals surface area contributed by atoms with Crippen molar-refractivity contribution in [3.63, 3.8) is 0 Å². The van der Waals surface area contributed by atoms with Gasteiger partial charge in [0.05, 0.1) is 5.69 Å². The van der Waals surface area contributed by atoms with E-state index >= 15 is 0 Å². The van der Waals surface area contributed by atoms with Crippen LogP contribution in [-0.4, -0.2) is 22.0 Å². The first-order chi connectivity index (χ1) is 10.9. The molecule has 0 aliphatic carbocycles. The second-order valence-electron chi connectivity index (χ2n) is 5.66. The summed E-state index contributed by atoms with van der Waals surface area (Å²) in [5.41, 5.74) is 1.69. The van der Waals surface area contributed by atoms with Crippen molar-refractivity contribution in [3.8, 4) is 0 Å². The molecule has 1 aliphatic rings. The average molecular weight is 378 g/mol. The summed E-state index contributed by atoms with van der Waals surface area (Å²) in [6, 6.07) is 3.92. The Bertz CT molecular complexity index is 914. The summed E-state index contributed by atoms with van der Waals surface area (Å²) in [6.07, 6.45) is 3.00. The van der Waals surface area contributed by atoms with Gasteiger partial charge in [0.2, 0.25) is 0 Å². The highest BCUT2D eigenvalue weighted by molar-refractivity contribution is 9.10. The summed E-state index contributed by atoms with van der Waals surface area (Å²) < 4.78 is 2.16. The number of nitrogens with zero attached hydrogens (tertiary/aromatic N) is 2. The molecule has 1 aromatic carbocycles. The highest BCUT2D eigenvalue weighted by atomic mass is 79.9. The molecular formula is C16H16BrN3O3. The van der Waals surface area contributed by atoms with Crippen LogP contribution >= 0.6 is 15.9 Å². The topological polar surface area (TPSA) is 75.2 Å². The smallest absolute Gasteiger partial charge is 0.308 e. The van der Waals surface area contributed by atoms with Gasteiger partial charge in [-0.05, 0) is 37.0 Å². The van der Waals surface area contributed by atoms with E-state index in [2.05, 4.69) is 20.9 Å². The number of aromatic nitrogens is 2. The number of rotatable bonds is 1. The maximum Gasteiger partial charge on any atom is 0.328 e. The van der Waals surface area contributed by atoms with Crippen LogP contribution < -0.4 is 16.1 Å². The number of amides is 1. The molecule has 7 heteroatoms. The number of carbonyl (C=O) groups is 1. The number of hydrogen-bond donors (Lipinski definition) is 1. The number of benzene rings is 1. The fraction of sp³-hybridized carbons (Fsp3) is 0.312. The third-order valence-corrected chi connectivity index (χ3v) is 4.83. The zero-order valence-corrected chi connectivity index (χ0v) is 14.4. The zero-order chi connectivity index (χ0) is 16.7. The number of halogens is 1. The van der Waals surface area contributed by atoms with Gasteiger partial charge in [0.15, 0.2) is 0 Å². The van der Waals surface area contributed by atoms with E-state index in [1.807, 2.05) is 19.1 Å². The van der Waals surface area contributed by atoms with Crippen LogP contribution in [0.5, 0.6) is 0 Å². The van der Waals surface area contributed by atoms with Gasteiger partial charge in [-0.1, -0.05) is 22.0 Å². The first-order valence-corrected chi connectivity index (χ1v) is 8.09. The summed E-state index contributed by atoms with van der Waals surface area (Å²) >= 11 is 3.53. The van der Waals surface area contributed by atoms with Gasteiger partial charge in [0.25, 0.3) is 11.5 Å². The molecule has 6 nitrogen and oxygen atoms in total. The SMILES string of the molecule is Cc1ccc(Br)c2c1N(C(=O)c1cn(C)c(=O)[nH]c1=O)CCC2. The van der Waals surface area contributed by atoms with Crippen LogP contribution in [0.2, 0.25) is 0 Å². The van der Waals surface area contributed by atoms with E-state index in [1.165, 1.54) is 17.8 Å². The minimum absolute atomic E-state index is 0.0284. The molecule has 120 valence electrons. The van der Waals surface area contributed by atoms with Gasteiger partial charge < -0.3 is 9.47 Å². The Labute approximate surface area is 140 Å². The summed E-state index contributed by atoms with van der Waals surface area (Å²) in [5, 5.41) is 0. The molecule has 0 saturated carbocycles. The van der Waals surface area contributed by atoms with Crippen LogP contribution in [0.25, 0.3) is 0 Å². The Morgan fingerprint density at radius 1 is 1.30 bits per heavy atom. The molecule has 0 spiro atoms. The third-order valence-electron chi connectivity index (χ3n) is 4.09. The quantitative estimate of drug-likeness (QED) is 0.822. The molecule has 23 heavy (non-hydrogen) atoms. The average Bonchev–Trinajstić information content (AvgIpc) is 2.53. The van der Waals surface area contributed by atoms with E-state index in [-0.39, 0.29) is 11.5 Å². The van der Waals surface area contributed by atoms with Gasteiger partial charge in [0.1, 0.15) is 5.56 Å². The fourth-order valence-electron chi connectivity index (χ4n) is 2.93. The van der Waals surface area contributed by atoms with Gasteiger partial charge in [-0.25, -0.2) is 4.79 Å². The van der Waals surface area contributed by atoms with E-state index in [4.69, 9.17) is 0 Å². The van der Waals surface area contributed by atoms with Crippen LogP contribution in [-0.2, 0) is 13.5 Å². The Kier molecular flexibility index (Phi) is 3.97. The zero-order valence-electron chi connectivity index (χ0n) is 12.9. The maximum atomic E-state index is 12.9. The van der Waals surface area contributed by atoms with Crippen LogP contribution in [0.1, 0.15) is 27.9 Å². The lowest BCUT2D eigenvalue weighted by atomic mass is 9.97. The van der Waals surface area contributed by atoms with Gasteiger partial charge >= 0.3 is 5.69 Å². The number of carbonyl (C=O) groups excluding carboxylic acids is 1. The highest BCUT2D eigenvalue weighted by Gasteiger charge is 2.28. The third kappa shape index (κ3) is 2.65. The van der Waals surface area contributed by atoms with E-state index in [1.54, 1.807) is 4.90 Å². The summed E-state index contributed by atoms with van der Waals surface area (Å²) in [4.78, 5) is 40.2. The number of H-pyrrole nitrogens is 1. The van der Waals surface area contributed by atoms with E-state index < -0.39 is 11.2 Å².